The quantitative estimate of drug-likeness (QED) is 0.610. The summed E-state index contributed by atoms with van der Waals surface area (Å²) >= 11 is 0. The van der Waals surface area contributed by atoms with Gasteiger partial charge in [0.05, 0.1) is 13.0 Å². The molecule has 5 heteroatoms. The fourth-order valence-corrected chi connectivity index (χ4v) is 3.46. The van der Waals surface area contributed by atoms with E-state index in [9.17, 15) is 9.36 Å². The van der Waals surface area contributed by atoms with E-state index in [2.05, 4.69) is 6.58 Å². The molecule has 1 rings (SSSR count). The highest BCUT2D eigenvalue weighted by Gasteiger charge is 2.26. The molecule has 0 aliphatic carbocycles. The minimum Gasteiger partial charge on any atom is -0.481 e. The van der Waals surface area contributed by atoms with Crippen molar-refractivity contribution < 1.29 is 19.0 Å². The van der Waals surface area contributed by atoms with Crippen LogP contribution in [0.25, 0.3) is 0 Å². The summed E-state index contributed by atoms with van der Waals surface area (Å²) in [6.45, 7) is 5.63. The van der Waals surface area contributed by atoms with Crippen molar-refractivity contribution in [2.24, 2.45) is 0 Å². The maximum Gasteiger partial charge on any atom is 0.303 e. The molecule has 0 saturated carbocycles. The average Bonchev–Trinajstić information content (AvgIpc) is 2.35. The molecule has 0 aliphatic rings. The third kappa shape index (κ3) is 4.47. The molecule has 0 amide bonds. The number of hydrogen-bond acceptors (Lipinski definition) is 3. The first-order valence-corrected chi connectivity index (χ1v) is 7.40. The van der Waals surface area contributed by atoms with Crippen LogP contribution in [0.4, 0.5) is 0 Å². The van der Waals surface area contributed by atoms with E-state index in [4.69, 9.17) is 9.63 Å². The summed E-state index contributed by atoms with van der Waals surface area (Å²) in [7, 11) is -3.12. The van der Waals surface area contributed by atoms with E-state index in [1.54, 1.807) is 31.2 Å². The number of carboxylic acids is 1. The Morgan fingerprint density at radius 1 is 1.39 bits per heavy atom. The third-order valence-corrected chi connectivity index (χ3v) is 4.73. The zero-order valence-electron chi connectivity index (χ0n) is 10.3. The molecule has 1 aromatic carbocycles. The van der Waals surface area contributed by atoms with Crippen molar-refractivity contribution in [3.8, 4) is 0 Å². The fourth-order valence-electron chi connectivity index (χ4n) is 1.38. The first kappa shape index (κ1) is 14.7. The van der Waals surface area contributed by atoms with Crippen LogP contribution in [0.5, 0.6) is 0 Å². The summed E-state index contributed by atoms with van der Waals surface area (Å²) in [4.78, 5) is 10.6. The van der Waals surface area contributed by atoms with Gasteiger partial charge in [-0.15, -0.1) is 0 Å². The van der Waals surface area contributed by atoms with Gasteiger partial charge in [0.15, 0.2) is 0 Å². The van der Waals surface area contributed by atoms with Crippen LogP contribution in [0.2, 0.25) is 0 Å². The lowest BCUT2D eigenvalue weighted by atomic mass is 10.4. The average molecular weight is 268 g/mol. The third-order valence-electron chi connectivity index (χ3n) is 2.29. The number of carboxylic acid groups (broad SMARTS) is 1. The number of aliphatic carboxylic acids is 1. The second-order valence-corrected chi connectivity index (χ2v) is 6.68. The van der Waals surface area contributed by atoms with Crippen LogP contribution in [0.1, 0.15) is 13.3 Å². The van der Waals surface area contributed by atoms with E-state index < -0.39 is 13.3 Å². The second kappa shape index (κ2) is 6.53. The largest absolute Gasteiger partial charge is 0.481 e. The molecule has 0 radical (unpaired) electrons. The van der Waals surface area contributed by atoms with Gasteiger partial charge in [-0.1, -0.05) is 30.4 Å². The summed E-state index contributed by atoms with van der Waals surface area (Å²) in [5.41, 5.74) is 0.751. The SMILES string of the molecule is C=C(C)COP(=O)(CCC(=O)O)c1ccccc1. The van der Waals surface area contributed by atoms with Gasteiger partial charge >= 0.3 is 5.97 Å². The van der Waals surface area contributed by atoms with E-state index in [1.165, 1.54) is 0 Å². The first-order chi connectivity index (χ1) is 8.44. The molecule has 98 valence electrons. The summed E-state index contributed by atoms with van der Waals surface area (Å²) in [5, 5.41) is 9.26. The van der Waals surface area contributed by atoms with Crippen molar-refractivity contribution in [3.05, 3.63) is 42.5 Å². The van der Waals surface area contributed by atoms with Crippen molar-refractivity contribution in [1.82, 2.24) is 0 Å². The van der Waals surface area contributed by atoms with Gasteiger partial charge in [-0.2, -0.15) is 0 Å². The molecule has 0 aliphatic heterocycles. The number of carbonyl (C=O) groups is 1. The number of hydrogen-bond donors (Lipinski definition) is 1. The summed E-state index contributed by atoms with van der Waals surface area (Å²) in [6.07, 6.45) is -0.179. The standard InChI is InChI=1S/C13H17O4P/c1-11(2)10-17-18(16,9-8-13(14)15)12-6-4-3-5-7-12/h3-7H,1,8-10H2,2H3,(H,14,15). The Morgan fingerprint density at radius 3 is 2.50 bits per heavy atom. The fraction of sp³-hybridized carbons (Fsp3) is 0.308. The molecule has 0 heterocycles. The van der Waals surface area contributed by atoms with E-state index in [0.29, 0.717) is 5.30 Å². The van der Waals surface area contributed by atoms with E-state index in [1.807, 2.05) is 6.07 Å². The Labute approximate surface area is 107 Å². The lowest BCUT2D eigenvalue weighted by Gasteiger charge is -2.18. The zero-order chi connectivity index (χ0) is 13.6. The normalized spacial score (nSPS) is 13.8. The molecule has 0 aromatic heterocycles. The Hall–Kier alpha value is -1.38. The molecule has 0 fully saturated rings. The van der Waals surface area contributed by atoms with Gasteiger partial charge in [0.1, 0.15) is 0 Å². The van der Waals surface area contributed by atoms with Gasteiger partial charge in [-0.25, -0.2) is 0 Å². The van der Waals surface area contributed by atoms with E-state index in [-0.39, 0.29) is 19.2 Å². The van der Waals surface area contributed by atoms with E-state index >= 15 is 0 Å². The molecule has 1 N–H and O–H groups in total. The molecule has 0 bridgehead atoms. The summed E-state index contributed by atoms with van der Waals surface area (Å²) in [6, 6.07) is 8.71. The Balaban J connectivity index is 2.90. The Kier molecular flexibility index (Phi) is 5.32. The highest BCUT2D eigenvalue weighted by molar-refractivity contribution is 7.67. The highest BCUT2D eigenvalue weighted by atomic mass is 31.2. The maximum absolute atomic E-state index is 12.7. The summed E-state index contributed by atoms with van der Waals surface area (Å²) in [5.74, 6) is -0.981. The van der Waals surface area contributed by atoms with Crippen molar-refractivity contribution in [2.45, 2.75) is 13.3 Å². The molecule has 0 spiro atoms. The summed E-state index contributed by atoms with van der Waals surface area (Å²) < 4.78 is 18.1. The van der Waals surface area contributed by atoms with Crippen molar-refractivity contribution in [2.75, 3.05) is 12.8 Å². The van der Waals surface area contributed by atoms with Crippen LogP contribution < -0.4 is 5.30 Å². The lowest BCUT2D eigenvalue weighted by molar-refractivity contribution is -0.136. The van der Waals surface area contributed by atoms with Gasteiger partial charge < -0.3 is 9.63 Å². The van der Waals surface area contributed by atoms with Gasteiger partial charge in [-0.05, 0) is 19.1 Å². The molecule has 4 nitrogen and oxygen atoms in total. The minimum absolute atomic E-state index is 0.000370. The predicted octanol–water partition coefficient (Wildman–Crippen LogP) is 2.66. The lowest BCUT2D eigenvalue weighted by Crippen LogP contribution is -2.13. The Bertz CT molecular complexity index is 445. The highest BCUT2D eigenvalue weighted by Crippen LogP contribution is 2.46. The molecule has 1 atom stereocenters. The van der Waals surface area contributed by atoms with Gasteiger partial charge in [0, 0.05) is 11.5 Å². The molecule has 1 unspecified atom stereocenters. The number of rotatable bonds is 7. The molecular weight excluding hydrogens is 251 g/mol. The maximum atomic E-state index is 12.7. The van der Waals surface area contributed by atoms with Crippen LogP contribution in [-0.4, -0.2) is 23.8 Å². The van der Waals surface area contributed by atoms with Gasteiger partial charge in [0.25, 0.3) is 0 Å². The van der Waals surface area contributed by atoms with Crippen LogP contribution in [0.15, 0.2) is 42.5 Å². The van der Waals surface area contributed by atoms with E-state index in [0.717, 1.165) is 5.57 Å². The molecule has 1 aromatic rings. The van der Waals surface area contributed by atoms with Crippen molar-refractivity contribution >= 4 is 18.6 Å². The van der Waals surface area contributed by atoms with Crippen molar-refractivity contribution in [3.63, 3.8) is 0 Å². The molecular formula is C13H17O4P. The second-order valence-electron chi connectivity index (χ2n) is 4.11. The van der Waals surface area contributed by atoms with Crippen molar-refractivity contribution in [1.29, 1.82) is 0 Å². The molecule has 18 heavy (non-hydrogen) atoms. The van der Waals surface area contributed by atoms with Crippen LogP contribution >= 0.6 is 7.37 Å². The van der Waals surface area contributed by atoms with Gasteiger partial charge in [-0.3, -0.25) is 9.36 Å². The Morgan fingerprint density at radius 2 is 2.00 bits per heavy atom. The topological polar surface area (TPSA) is 63.6 Å². The predicted molar refractivity (Wildman–Crippen MR) is 71.6 cm³/mol. The molecule has 0 saturated heterocycles. The minimum atomic E-state index is -3.12. The zero-order valence-corrected chi connectivity index (χ0v) is 11.2. The van der Waals surface area contributed by atoms with Gasteiger partial charge in [0.2, 0.25) is 7.37 Å². The van der Waals surface area contributed by atoms with Crippen LogP contribution in [0.3, 0.4) is 0 Å². The monoisotopic (exact) mass is 268 g/mol. The van der Waals surface area contributed by atoms with Crippen LogP contribution in [-0.2, 0) is 13.9 Å². The van der Waals surface area contributed by atoms with Crippen LogP contribution in [0, 0.1) is 0 Å². The smallest absolute Gasteiger partial charge is 0.303 e. The number of benzene rings is 1. The first-order valence-electron chi connectivity index (χ1n) is 5.59.